The first-order valence-electron chi connectivity index (χ1n) is 8.14. The van der Waals surface area contributed by atoms with E-state index in [9.17, 15) is 9.90 Å². The van der Waals surface area contributed by atoms with Crippen molar-refractivity contribution >= 4 is 17.7 Å². The van der Waals surface area contributed by atoms with Gasteiger partial charge in [0.25, 0.3) is 5.91 Å². The fourth-order valence-corrected chi connectivity index (χ4v) is 2.73. The molecule has 1 fully saturated rings. The van der Waals surface area contributed by atoms with Gasteiger partial charge in [-0.15, -0.1) is 0 Å². The molecule has 2 atom stereocenters. The summed E-state index contributed by atoms with van der Waals surface area (Å²) in [4.78, 5) is 20.2. The third kappa shape index (κ3) is 5.35. The average molecular weight is 321 g/mol. The van der Waals surface area contributed by atoms with Crippen molar-refractivity contribution in [2.45, 2.75) is 70.6 Å². The first kappa shape index (κ1) is 17.5. The monoisotopic (exact) mass is 321 g/mol. The molecule has 0 spiro atoms. The normalized spacial score (nSPS) is 22.3. The third-order valence-electron chi connectivity index (χ3n) is 3.78. The SMILES string of the molecule is CC(C)(C)Nc1nc(N[C@@H]2CCCC[C@H](O)C2)ncc1C(N)=O. The topological polar surface area (TPSA) is 113 Å². The molecule has 1 aliphatic carbocycles. The Hall–Kier alpha value is -1.89. The first-order valence-corrected chi connectivity index (χ1v) is 8.14. The maximum atomic E-state index is 11.5. The van der Waals surface area contributed by atoms with Crippen LogP contribution >= 0.6 is 0 Å². The second kappa shape index (κ2) is 7.12. The second-order valence-electron chi connectivity index (χ2n) is 7.21. The van der Waals surface area contributed by atoms with E-state index in [1.807, 2.05) is 20.8 Å². The molecule has 128 valence electrons. The van der Waals surface area contributed by atoms with E-state index in [-0.39, 0.29) is 23.2 Å². The number of carbonyl (C=O) groups excluding carboxylic acids is 1. The van der Waals surface area contributed by atoms with Crippen LogP contribution in [-0.4, -0.2) is 38.7 Å². The minimum absolute atomic E-state index is 0.134. The van der Waals surface area contributed by atoms with Crippen molar-refractivity contribution in [2.75, 3.05) is 10.6 Å². The molecule has 5 N–H and O–H groups in total. The Morgan fingerprint density at radius 1 is 1.35 bits per heavy atom. The van der Waals surface area contributed by atoms with Crippen molar-refractivity contribution in [2.24, 2.45) is 5.73 Å². The Labute approximate surface area is 137 Å². The lowest BCUT2D eigenvalue weighted by Crippen LogP contribution is -2.30. The van der Waals surface area contributed by atoms with E-state index >= 15 is 0 Å². The van der Waals surface area contributed by atoms with Crippen LogP contribution in [0.1, 0.15) is 63.2 Å². The standard InChI is InChI=1S/C16H27N5O2/c1-16(2,3)21-14-12(13(17)23)9-18-15(20-14)19-10-6-4-5-7-11(22)8-10/h9-11,22H,4-8H2,1-3H3,(H2,17,23)(H2,18,19,20,21)/t10-,11+/m1/s1. The van der Waals surface area contributed by atoms with Crippen molar-refractivity contribution in [3.8, 4) is 0 Å². The van der Waals surface area contributed by atoms with Crippen LogP contribution in [-0.2, 0) is 0 Å². The number of carbonyl (C=O) groups is 1. The van der Waals surface area contributed by atoms with Crippen molar-refractivity contribution in [1.29, 1.82) is 0 Å². The van der Waals surface area contributed by atoms with Crippen LogP contribution in [0.3, 0.4) is 0 Å². The molecular formula is C16H27N5O2. The molecule has 0 aliphatic heterocycles. The Morgan fingerprint density at radius 3 is 2.70 bits per heavy atom. The predicted molar refractivity (Wildman–Crippen MR) is 90.4 cm³/mol. The zero-order chi connectivity index (χ0) is 17.0. The van der Waals surface area contributed by atoms with Crippen LogP contribution in [0.25, 0.3) is 0 Å². The molecule has 23 heavy (non-hydrogen) atoms. The van der Waals surface area contributed by atoms with Crippen molar-refractivity contribution in [3.05, 3.63) is 11.8 Å². The minimum atomic E-state index is -0.562. The zero-order valence-electron chi connectivity index (χ0n) is 14.1. The van der Waals surface area contributed by atoms with E-state index in [4.69, 9.17) is 5.73 Å². The van der Waals surface area contributed by atoms with Crippen molar-refractivity contribution in [1.82, 2.24) is 9.97 Å². The number of amides is 1. The van der Waals surface area contributed by atoms with Crippen LogP contribution in [0, 0.1) is 0 Å². The van der Waals surface area contributed by atoms with Gasteiger partial charge in [0.15, 0.2) is 0 Å². The highest BCUT2D eigenvalue weighted by Gasteiger charge is 2.21. The number of anilines is 2. The smallest absolute Gasteiger partial charge is 0.254 e. The number of nitrogens with two attached hydrogens (primary N) is 1. The third-order valence-corrected chi connectivity index (χ3v) is 3.78. The molecular weight excluding hydrogens is 294 g/mol. The number of hydrogen-bond donors (Lipinski definition) is 4. The Morgan fingerprint density at radius 2 is 2.04 bits per heavy atom. The highest BCUT2D eigenvalue weighted by atomic mass is 16.3. The van der Waals surface area contributed by atoms with Gasteiger partial charge in [-0.2, -0.15) is 4.98 Å². The summed E-state index contributed by atoms with van der Waals surface area (Å²) in [6, 6.07) is 0.134. The number of nitrogens with zero attached hydrogens (tertiary/aromatic N) is 2. The summed E-state index contributed by atoms with van der Waals surface area (Å²) in [7, 11) is 0. The molecule has 0 aromatic carbocycles. The maximum Gasteiger partial charge on any atom is 0.254 e. The summed E-state index contributed by atoms with van der Waals surface area (Å²) >= 11 is 0. The molecule has 0 unspecified atom stereocenters. The van der Waals surface area contributed by atoms with Gasteiger partial charge in [0.05, 0.1) is 11.7 Å². The molecule has 2 rings (SSSR count). The Kier molecular flexibility index (Phi) is 5.41. The number of hydrogen-bond acceptors (Lipinski definition) is 6. The highest BCUT2D eigenvalue weighted by molar-refractivity contribution is 5.97. The molecule has 1 aromatic rings. The van der Waals surface area contributed by atoms with Gasteiger partial charge in [0.1, 0.15) is 5.82 Å². The summed E-state index contributed by atoms with van der Waals surface area (Å²) in [5.41, 5.74) is 5.41. The molecule has 7 nitrogen and oxygen atoms in total. The Bertz CT molecular complexity index is 556. The average Bonchev–Trinajstić information content (AvgIpc) is 2.61. The molecule has 1 heterocycles. The molecule has 0 saturated heterocycles. The quantitative estimate of drug-likeness (QED) is 0.630. The molecule has 1 amide bonds. The first-order chi connectivity index (χ1) is 10.7. The van der Waals surface area contributed by atoms with Gasteiger partial charge in [0.2, 0.25) is 5.95 Å². The molecule has 1 aliphatic rings. The van der Waals surface area contributed by atoms with Gasteiger partial charge in [-0.05, 0) is 40.0 Å². The van der Waals surface area contributed by atoms with E-state index in [0.29, 0.717) is 18.2 Å². The van der Waals surface area contributed by atoms with E-state index in [1.54, 1.807) is 0 Å². The van der Waals surface area contributed by atoms with Crippen LogP contribution in [0.2, 0.25) is 0 Å². The number of aliphatic hydroxyl groups excluding tert-OH is 1. The molecule has 0 bridgehead atoms. The lowest BCUT2D eigenvalue weighted by atomic mass is 10.1. The minimum Gasteiger partial charge on any atom is -0.393 e. The molecule has 1 saturated carbocycles. The van der Waals surface area contributed by atoms with Gasteiger partial charge in [-0.3, -0.25) is 4.79 Å². The largest absolute Gasteiger partial charge is 0.393 e. The van der Waals surface area contributed by atoms with Gasteiger partial charge < -0.3 is 21.5 Å². The lowest BCUT2D eigenvalue weighted by Gasteiger charge is -2.24. The van der Waals surface area contributed by atoms with E-state index < -0.39 is 5.91 Å². The number of aliphatic hydroxyl groups is 1. The highest BCUT2D eigenvalue weighted by Crippen LogP contribution is 2.22. The second-order valence-corrected chi connectivity index (χ2v) is 7.21. The van der Waals surface area contributed by atoms with Crippen LogP contribution in [0.4, 0.5) is 11.8 Å². The summed E-state index contributed by atoms with van der Waals surface area (Å²) in [6.45, 7) is 5.94. The number of rotatable bonds is 4. The van der Waals surface area contributed by atoms with E-state index in [2.05, 4.69) is 20.6 Å². The van der Waals surface area contributed by atoms with Crippen LogP contribution < -0.4 is 16.4 Å². The summed E-state index contributed by atoms with van der Waals surface area (Å²) in [6.07, 6.45) is 5.77. The van der Waals surface area contributed by atoms with Crippen molar-refractivity contribution < 1.29 is 9.90 Å². The summed E-state index contributed by atoms with van der Waals surface area (Å²) < 4.78 is 0. The molecule has 7 heteroatoms. The zero-order valence-corrected chi connectivity index (χ0v) is 14.1. The van der Waals surface area contributed by atoms with Crippen molar-refractivity contribution in [3.63, 3.8) is 0 Å². The molecule has 0 radical (unpaired) electrons. The Balaban J connectivity index is 2.19. The fourth-order valence-electron chi connectivity index (χ4n) is 2.73. The van der Waals surface area contributed by atoms with E-state index in [0.717, 1.165) is 25.7 Å². The lowest BCUT2D eigenvalue weighted by molar-refractivity contribution is 0.100. The van der Waals surface area contributed by atoms with Crippen LogP contribution in [0.5, 0.6) is 0 Å². The van der Waals surface area contributed by atoms with Gasteiger partial charge in [0, 0.05) is 17.8 Å². The fraction of sp³-hybridized carbons (Fsp3) is 0.688. The predicted octanol–water partition coefficient (Wildman–Crippen LogP) is 1.89. The number of nitrogens with one attached hydrogen (secondary N) is 2. The molecule has 1 aromatic heterocycles. The number of aromatic nitrogens is 2. The summed E-state index contributed by atoms with van der Waals surface area (Å²) in [5, 5.41) is 16.4. The maximum absolute atomic E-state index is 11.5. The number of primary amides is 1. The summed E-state index contributed by atoms with van der Waals surface area (Å²) in [5.74, 6) is 0.311. The van der Waals surface area contributed by atoms with Gasteiger partial charge in [-0.25, -0.2) is 4.98 Å². The van der Waals surface area contributed by atoms with E-state index in [1.165, 1.54) is 6.20 Å². The van der Waals surface area contributed by atoms with Crippen LogP contribution in [0.15, 0.2) is 6.20 Å². The van der Waals surface area contributed by atoms with Gasteiger partial charge >= 0.3 is 0 Å². The van der Waals surface area contributed by atoms with Gasteiger partial charge in [-0.1, -0.05) is 12.8 Å².